The van der Waals surface area contributed by atoms with Crippen LogP contribution in [-0.4, -0.2) is 52.1 Å². The molecule has 30 heavy (non-hydrogen) atoms. The Morgan fingerprint density at radius 1 is 1.20 bits per heavy atom. The van der Waals surface area contributed by atoms with Gasteiger partial charge in [-0.25, -0.2) is 9.98 Å². The Bertz CT molecular complexity index is 836. The summed E-state index contributed by atoms with van der Waals surface area (Å²) in [6, 6.07) is 10.0. The fraction of sp³-hybridized carbons (Fsp3) is 0.583. The van der Waals surface area contributed by atoms with Crippen LogP contribution in [0.25, 0.3) is 0 Å². The number of hydrogen-bond donors (Lipinski definition) is 2. The molecule has 1 atom stereocenters. The van der Waals surface area contributed by atoms with E-state index < -0.39 is 0 Å². The molecule has 2 aliphatic rings. The van der Waals surface area contributed by atoms with Crippen LogP contribution in [0.3, 0.4) is 0 Å². The number of aromatic nitrogens is 2. The van der Waals surface area contributed by atoms with Crippen LogP contribution in [0.1, 0.15) is 56.0 Å². The van der Waals surface area contributed by atoms with E-state index in [2.05, 4.69) is 56.3 Å². The van der Waals surface area contributed by atoms with Crippen molar-refractivity contribution < 1.29 is 0 Å². The van der Waals surface area contributed by atoms with Crippen molar-refractivity contribution in [2.75, 3.05) is 19.6 Å². The minimum Gasteiger partial charge on any atom is -0.357 e. The molecule has 2 N–H and O–H groups in total. The van der Waals surface area contributed by atoms with Gasteiger partial charge in [-0.05, 0) is 44.2 Å². The van der Waals surface area contributed by atoms with Crippen molar-refractivity contribution >= 4 is 5.96 Å². The molecular formula is C24H36N6. The second kappa shape index (κ2) is 10.1. The minimum atomic E-state index is 0.499. The zero-order valence-corrected chi connectivity index (χ0v) is 18.5. The number of benzene rings is 1. The molecule has 1 aliphatic heterocycles. The zero-order chi connectivity index (χ0) is 20.8. The third-order valence-electron chi connectivity index (χ3n) is 6.43. The molecule has 0 spiro atoms. The van der Waals surface area contributed by atoms with Crippen LogP contribution in [0.5, 0.6) is 0 Å². The molecule has 1 saturated carbocycles. The van der Waals surface area contributed by atoms with Gasteiger partial charge >= 0.3 is 0 Å². The summed E-state index contributed by atoms with van der Waals surface area (Å²) in [4.78, 5) is 11.9. The maximum Gasteiger partial charge on any atom is 0.191 e. The van der Waals surface area contributed by atoms with E-state index in [0.717, 1.165) is 37.5 Å². The zero-order valence-electron chi connectivity index (χ0n) is 18.5. The van der Waals surface area contributed by atoms with Crippen molar-refractivity contribution in [2.45, 2.75) is 71.1 Å². The monoisotopic (exact) mass is 408 g/mol. The van der Waals surface area contributed by atoms with E-state index in [4.69, 9.17) is 4.99 Å². The number of guanidine groups is 1. The highest BCUT2D eigenvalue weighted by molar-refractivity contribution is 5.80. The molecule has 2 heterocycles. The van der Waals surface area contributed by atoms with Gasteiger partial charge in [-0.15, -0.1) is 0 Å². The fourth-order valence-electron chi connectivity index (χ4n) is 4.78. The van der Waals surface area contributed by atoms with E-state index in [1.165, 1.54) is 49.8 Å². The molecule has 2 aromatic rings. The Hall–Kier alpha value is -2.34. The van der Waals surface area contributed by atoms with Gasteiger partial charge in [-0.1, -0.05) is 37.1 Å². The lowest BCUT2D eigenvalue weighted by atomic mass is 10.1. The first kappa shape index (κ1) is 20.9. The minimum absolute atomic E-state index is 0.499. The maximum atomic E-state index is 4.88. The maximum absolute atomic E-state index is 4.88. The van der Waals surface area contributed by atoms with Gasteiger partial charge in [0.05, 0.1) is 6.54 Å². The lowest BCUT2D eigenvalue weighted by molar-refractivity contribution is 0.242. The van der Waals surface area contributed by atoms with E-state index in [1.807, 2.05) is 19.3 Å². The van der Waals surface area contributed by atoms with Crippen LogP contribution in [0.2, 0.25) is 0 Å². The Labute approximate surface area is 180 Å². The van der Waals surface area contributed by atoms with Gasteiger partial charge in [-0.2, -0.15) is 0 Å². The normalized spacial score (nSPS) is 20.7. The average molecular weight is 409 g/mol. The summed E-state index contributed by atoms with van der Waals surface area (Å²) in [5, 5.41) is 7.11. The number of nitrogens with zero attached hydrogens (tertiary/aromatic N) is 4. The second-order valence-electron chi connectivity index (χ2n) is 8.68. The summed E-state index contributed by atoms with van der Waals surface area (Å²) in [5.41, 5.74) is 2.52. The standard InChI is InChI=1S/C24H36N6/c1-3-25-24(28-22-11-13-30(18-22)23-9-4-5-10-23)27-16-20-7-6-8-21(15-20)17-29-14-12-26-19(29)2/h6-8,12,14-15,22-23H,3-5,9-11,13,16-18H2,1-2H3,(H2,25,27,28). The summed E-state index contributed by atoms with van der Waals surface area (Å²) in [7, 11) is 0. The molecule has 6 heteroatoms. The van der Waals surface area contributed by atoms with Gasteiger partial charge in [0.2, 0.25) is 0 Å². The Kier molecular flexibility index (Phi) is 7.05. The Morgan fingerprint density at radius 2 is 2.03 bits per heavy atom. The number of aliphatic imine (C=N–C) groups is 1. The Morgan fingerprint density at radius 3 is 2.80 bits per heavy atom. The first-order chi connectivity index (χ1) is 14.7. The fourth-order valence-corrected chi connectivity index (χ4v) is 4.78. The first-order valence-corrected chi connectivity index (χ1v) is 11.6. The number of imidazole rings is 1. The predicted octanol–water partition coefficient (Wildman–Crippen LogP) is 3.31. The smallest absolute Gasteiger partial charge is 0.191 e. The largest absolute Gasteiger partial charge is 0.357 e. The lowest BCUT2D eigenvalue weighted by Crippen LogP contribution is -2.45. The molecule has 162 valence electrons. The molecule has 0 radical (unpaired) electrons. The topological polar surface area (TPSA) is 57.5 Å². The highest BCUT2D eigenvalue weighted by Gasteiger charge is 2.30. The van der Waals surface area contributed by atoms with E-state index in [1.54, 1.807) is 0 Å². The molecule has 0 bridgehead atoms. The van der Waals surface area contributed by atoms with E-state index in [9.17, 15) is 0 Å². The van der Waals surface area contributed by atoms with Crippen molar-refractivity contribution in [3.8, 4) is 0 Å². The van der Waals surface area contributed by atoms with Crippen molar-refractivity contribution in [3.05, 3.63) is 53.6 Å². The molecule has 2 fully saturated rings. The van der Waals surface area contributed by atoms with E-state index in [-0.39, 0.29) is 0 Å². The average Bonchev–Trinajstić information content (AvgIpc) is 3.50. The van der Waals surface area contributed by atoms with Crippen LogP contribution in [-0.2, 0) is 13.1 Å². The molecule has 4 rings (SSSR count). The highest BCUT2D eigenvalue weighted by Crippen LogP contribution is 2.26. The summed E-state index contributed by atoms with van der Waals surface area (Å²) >= 11 is 0. The molecule has 6 nitrogen and oxygen atoms in total. The van der Waals surface area contributed by atoms with Crippen LogP contribution >= 0.6 is 0 Å². The number of likely N-dealkylation sites (tertiary alicyclic amines) is 1. The van der Waals surface area contributed by atoms with Gasteiger partial charge in [0, 0.05) is 50.7 Å². The molecule has 0 amide bonds. The van der Waals surface area contributed by atoms with Crippen molar-refractivity contribution in [1.29, 1.82) is 0 Å². The van der Waals surface area contributed by atoms with Crippen LogP contribution in [0, 0.1) is 6.92 Å². The van der Waals surface area contributed by atoms with Crippen LogP contribution < -0.4 is 10.6 Å². The third-order valence-corrected chi connectivity index (χ3v) is 6.43. The molecule has 1 saturated heterocycles. The van der Waals surface area contributed by atoms with Crippen molar-refractivity contribution in [1.82, 2.24) is 25.1 Å². The highest BCUT2D eigenvalue weighted by atomic mass is 15.3. The molecule has 1 aromatic heterocycles. The van der Waals surface area contributed by atoms with Gasteiger partial charge in [-0.3, -0.25) is 4.90 Å². The molecule has 1 aromatic carbocycles. The SMILES string of the molecule is CCNC(=NCc1cccc(Cn2ccnc2C)c1)NC1CCN(C2CCCC2)C1. The quantitative estimate of drug-likeness (QED) is 0.545. The van der Waals surface area contributed by atoms with Crippen molar-refractivity contribution in [2.24, 2.45) is 4.99 Å². The Balaban J connectivity index is 1.34. The molecule has 1 unspecified atom stereocenters. The number of hydrogen-bond acceptors (Lipinski definition) is 3. The van der Waals surface area contributed by atoms with Gasteiger partial charge in [0.25, 0.3) is 0 Å². The lowest BCUT2D eigenvalue weighted by Gasteiger charge is -2.24. The molecule has 1 aliphatic carbocycles. The van der Waals surface area contributed by atoms with Crippen molar-refractivity contribution in [3.63, 3.8) is 0 Å². The van der Waals surface area contributed by atoms with Gasteiger partial charge < -0.3 is 15.2 Å². The van der Waals surface area contributed by atoms with Gasteiger partial charge in [0.1, 0.15) is 5.82 Å². The van der Waals surface area contributed by atoms with Gasteiger partial charge in [0.15, 0.2) is 5.96 Å². The summed E-state index contributed by atoms with van der Waals surface area (Å²) in [6.07, 6.45) is 10.7. The summed E-state index contributed by atoms with van der Waals surface area (Å²) in [6.45, 7) is 8.95. The van der Waals surface area contributed by atoms with E-state index >= 15 is 0 Å². The molecular weight excluding hydrogens is 372 g/mol. The number of rotatable bonds is 7. The summed E-state index contributed by atoms with van der Waals surface area (Å²) in [5.74, 6) is 1.98. The first-order valence-electron chi connectivity index (χ1n) is 11.6. The second-order valence-corrected chi connectivity index (χ2v) is 8.68. The predicted molar refractivity (Wildman–Crippen MR) is 123 cm³/mol. The third kappa shape index (κ3) is 5.42. The van der Waals surface area contributed by atoms with Crippen LogP contribution in [0.4, 0.5) is 0 Å². The van der Waals surface area contributed by atoms with Crippen LogP contribution in [0.15, 0.2) is 41.7 Å². The van der Waals surface area contributed by atoms with E-state index in [0.29, 0.717) is 12.6 Å². The number of nitrogens with one attached hydrogen (secondary N) is 2. The number of aryl methyl sites for hydroxylation is 1. The summed E-state index contributed by atoms with van der Waals surface area (Å²) < 4.78 is 2.17.